The number of halogens is 3. The van der Waals surface area contributed by atoms with Crippen molar-refractivity contribution in [3.05, 3.63) is 30.2 Å². The van der Waals surface area contributed by atoms with Gasteiger partial charge in [-0.3, -0.25) is 4.90 Å². The molecule has 0 radical (unpaired) electrons. The van der Waals surface area contributed by atoms with E-state index < -0.39 is 12.4 Å². The van der Waals surface area contributed by atoms with E-state index in [-0.39, 0.29) is 48.1 Å². The number of nitrogens with one attached hydrogen (secondary N) is 2. The number of hydrogen-bond donors (Lipinski definition) is 3. The highest BCUT2D eigenvalue weighted by Gasteiger charge is 2.42. The minimum absolute atomic E-state index is 0.0590. The van der Waals surface area contributed by atoms with Crippen LogP contribution >= 0.6 is 0 Å². The molecule has 3 heterocycles. The number of nitrogens with zero attached hydrogens (tertiary/aromatic N) is 3. The Morgan fingerprint density at radius 2 is 2.09 bits per heavy atom. The molecule has 8 nitrogen and oxygen atoms in total. The smallest absolute Gasteiger partial charge is 0.387 e. The van der Waals surface area contributed by atoms with E-state index in [1.807, 2.05) is 0 Å². The second kappa shape index (κ2) is 10.2. The van der Waals surface area contributed by atoms with Crippen LogP contribution in [0.5, 0.6) is 11.5 Å². The number of fused-ring (bicyclic) bond motifs is 1. The third-order valence-electron chi connectivity index (χ3n) is 6.43. The molecular weight excluding hydrogens is 451 g/mol. The molecule has 1 aromatic heterocycles. The zero-order chi connectivity index (χ0) is 24.3. The van der Waals surface area contributed by atoms with Crippen LogP contribution < -0.4 is 20.1 Å². The van der Waals surface area contributed by atoms with Gasteiger partial charge in [-0.2, -0.15) is 13.8 Å². The molecule has 0 aliphatic carbocycles. The van der Waals surface area contributed by atoms with E-state index >= 15 is 0 Å². The zero-order valence-corrected chi connectivity index (χ0v) is 19.2. The summed E-state index contributed by atoms with van der Waals surface area (Å²) in [6.45, 7) is 2.09. The maximum atomic E-state index is 14.5. The summed E-state index contributed by atoms with van der Waals surface area (Å²) in [7, 11) is 0. The van der Waals surface area contributed by atoms with Crippen molar-refractivity contribution >= 4 is 17.5 Å². The quantitative estimate of drug-likeness (QED) is 0.492. The fourth-order valence-corrected chi connectivity index (χ4v) is 4.82. The van der Waals surface area contributed by atoms with Crippen LogP contribution in [-0.2, 0) is 0 Å². The van der Waals surface area contributed by atoms with Gasteiger partial charge in [-0.05, 0) is 51.7 Å². The Morgan fingerprint density at radius 1 is 1.26 bits per heavy atom. The molecule has 2 fully saturated rings. The Hall–Kier alpha value is -2.79. The molecule has 2 aliphatic rings. The van der Waals surface area contributed by atoms with E-state index in [4.69, 9.17) is 9.84 Å². The van der Waals surface area contributed by atoms with Gasteiger partial charge in [-0.15, -0.1) is 0 Å². The van der Waals surface area contributed by atoms with Gasteiger partial charge in [0.2, 0.25) is 5.95 Å². The van der Waals surface area contributed by atoms with Crippen molar-refractivity contribution in [2.45, 2.75) is 63.8 Å². The van der Waals surface area contributed by atoms with Crippen molar-refractivity contribution in [2.24, 2.45) is 0 Å². The number of piperidine rings is 1. The van der Waals surface area contributed by atoms with Crippen molar-refractivity contribution in [3.8, 4) is 11.5 Å². The second-order valence-corrected chi connectivity index (χ2v) is 9.19. The maximum absolute atomic E-state index is 14.5. The number of benzene rings is 1. The monoisotopic (exact) mass is 481 g/mol. The number of aromatic nitrogens is 2. The summed E-state index contributed by atoms with van der Waals surface area (Å²) in [5, 5.41) is 15.0. The van der Waals surface area contributed by atoms with Crippen LogP contribution in [0, 0.1) is 5.82 Å². The summed E-state index contributed by atoms with van der Waals surface area (Å²) in [6.07, 6.45) is 5.16. The van der Waals surface area contributed by atoms with E-state index in [2.05, 4.69) is 44.1 Å². The number of aliphatic hydroxyl groups is 1. The maximum Gasteiger partial charge on any atom is 0.387 e. The molecule has 0 spiro atoms. The first-order chi connectivity index (χ1) is 16.2. The lowest BCUT2D eigenvalue weighted by atomic mass is 9.97. The highest BCUT2D eigenvalue weighted by atomic mass is 19.3. The molecule has 3 N–H and O–H groups in total. The van der Waals surface area contributed by atoms with Gasteiger partial charge in [0.1, 0.15) is 6.61 Å². The molecule has 2 atom stereocenters. The fourth-order valence-electron chi connectivity index (χ4n) is 4.82. The molecule has 1 aromatic carbocycles. The molecule has 2 aromatic rings. The Kier molecular flexibility index (Phi) is 7.32. The highest BCUT2D eigenvalue weighted by molar-refractivity contribution is 5.60. The standard InChI is InChI=1S/C23H30F3N5O3/c1-23(2)7-5-16-11-15(6-8-31(16)23)28-20-17(24)13-27-22(30-20)29-14-3-4-18(33-10-9-32)19(12-14)34-21(25)26/h3-4,12-13,15-16,21,32H,5-11H2,1-2H3,(H2,27,28,29,30)/t15-,16+/m0/s1. The fraction of sp³-hybridized carbons (Fsp3) is 0.565. The van der Waals surface area contributed by atoms with Crippen LogP contribution in [0.3, 0.4) is 0 Å². The minimum atomic E-state index is -3.05. The molecule has 0 saturated carbocycles. The average Bonchev–Trinajstić information content (AvgIpc) is 3.09. The summed E-state index contributed by atoms with van der Waals surface area (Å²) in [5.74, 6) is -0.506. The summed E-state index contributed by atoms with van der Waals surface area (Å²) < 4.78 is 49.8. The first-order valence-electron chi connectivity index (χ1n) is 11.4. The van der Waals surface area contributed by atoms with Crippen LogP contribution in [0.15, 0.2) is 24.4 Å². The number of ether oxygens (including phenoxy) is 2. The van der Waals surface area contributed by atoms with Crippen molar-refractivity contribution in [1.82, 2.24) is 14.9 Å². The number of aliphatic hydroxyl groups excluding tert-OH is 1. The summed E-state index contributed by atoms with van der Waals surface area (Å²) >= 11 is 0. The Labute approximate surface area is 196 Å². The molecule has 186 valence electrons. The molecule has 0 amide bonds. The third-order valence-corrected chi connectivity index (χ3v) is 6.43. The molecule has 2 aliphatic heterocycles. The van der Waals surface area contributed by atoms with Gasteiger partial charge >= 0.3 is 6.61 Å². The van der Waals surface area contributed by atoms with Crippen LogP contribution in [0.25, 0.3) is 0 Å². The average molecular weight is 482 g/mol. The summed E-state index contributed by atoms with van der Waals surface area (Å²) in [6, 6.07) is 4.86. The number of hydrogen-bond acceptors (Lipinski definition) is 8. The Morgan fingerprint density at radius 3 is 2.85 bits per heavy atom. The van der Waals surface area contributed by atoms with E-state index in [0.29, 0.717) is 11.7 Å². The highest BCUT2D eigenvalue weighted by Crippen LogP contribution is 2.39. The lowest BCUT2D eigenvalue weighted by Gasteiger charge is -2.42. The molecule has 34 heavy (non-hydrogen) atoms. The second-order valence-electron chi connectivity index (χ2n) is 9.19. The first kappa shape index (κ1) is 24.3. The summed E-state index contributed by atoms with van der Waals surface area (Å²) in [4.78, 5) is 10.8. The van der Waals surface area contributed by atoms with Crippen LogP contribution in [0.2, 0.25) is 0 Å². The number of anilines is 3. The van der Waals surface area contributed by atoms with E-state index in [1.165, 1.54) is 12.1 Å². The predicted molar refractivity (Wildman–Crippen MR) is 121 cm³/mol. The number of alkyl halides is 2. The van der Waals surface area contributed by atoms with Gasteiger partial charge < -0.3 is 25.2 Å². The van der Waals surface area contributed by atoms with Gasteiger partial charge in [0.05, 0.1) is 12.8 Å². The van der Waals surface area contributed by atoms with E-state index in [0.717, 1.165) is 38.4 Å². The van der Waals surface area contributed by atoms with Gasteiger partial charge in [0, 0.05) is 35.9 Å². The largest absolute Gasteiger partial charge is 0.487 e. The third kappa shape index (κ3) is 5.64. The Bertz CT molecular complexity index is 994. The van der Waals surface area contributed by atoms with Crippen molar-refractivity contribution in [1.29, 1.82) is 0 Å². The number of rotatable bonds is 9. The van der Waals surface area contributed by atoms with Crippen LogP contribution in [0.1, 0.15) is 39.5 Å². The van der Waals surface area contributed by atoms with Gasteiger partial charge in [-0.1, -0.05) is 0 Å². The molecule has 4 rings (SSSR count). The predicted octanol–water partition coefficient (Wildman–Crippen LogP) is 4.15. The lowest BCUT2D eigenvalue weighted by molar-refractivity contribution is -0.0515. The van der Waals surface area contributed by atoms with Gasteiger partial charge in [-0.25, -0.2) is 9.37 Å². The summed E-state index contributed by atoms with van der Waals surface area (Å²) in [5.41, 5.74) is 0.560. The Balaban J connectivity index is 1.45. The molecule has 0 unspecified atom stereocenters. The molecule has 0 bridgehead atoms. The minimum Gasteiger partial charge on any atom is -0.487 e. The topological polar surface area (TPSA) is 91.8 Å². The van der Waals surface area contributed by atoms with E-state index in [1.54, 1.807) is 6.07 Å². The first-order valence-corrected chi connectivity index (χ1v) is 11.4. The van der Waals surface area contributed by atoms with Crippen LogP contribution in [-0.4, -0.2) is 64.0 Å². The van der Waals surface area contributed by atoms with E-state index in [9.17, 15) is 13.2 Å². The normalized spacial score (nSPS) is 21.9. The van der Waals surface area contributed by atoms with Gasteiger partial charge in [0.15, 0.2) is 23.1 Å². The zero-order valence-electron chi connectivity index (χ0n) is 19.2. The van der Waals surface area contributed by atoms with Crippen molar-refractivity contribution in [2.75, 3.05) is 30.4 Å². The van der Waals surface area contributed by atoms with Gasteiger partial charge in [0.25, 0.3) is 0 Å². The molecule has 11 heteroatoms. The lowest BCUT2D eigenvalue weighted by Crippen LogP contribution is -2.50. The van der Waals surface area contributed by atoms with Crippen molar-refractivity contribution in [3.63, 3.8) is 0 Å². The SMILES string of the molecule is CC1(C)CC[C@@H]2C[C@@H](Nc3nc(Nc4ccc(OCCO)c(OC(F)F)c4)ncc3F)CCN21. The molecular formula is C23H30F3N5O3. The van der Waals surface area contributed by atoms with Crippen LogP contribution in [0.4, 0.5) is 30.6 Å². The van der Waals surface area contributed by atoms with Crippen molar-refractivity contribution < 1.29 is 27.8 Å². The molecule has 2 saturated heterocycles.